The molecule has 0 unspecified atom stereocenters. The van der Waals surface area contributed by atoms with E-state index in [1.807, 2.05) is 19.1 Å². The lowest BCUT2D eigenvalue weighted by Gasteiger charge is -2.09. The Kier molecular flexibility index (Phi) is 4.99. The van der Waals surface area contributed by atoms with Gasteiger partial charge in [-0.05, 0) is 52.7 Å². The Hall–Kier alpha value is -2.28. The fourth-order valence-corrected chi connectivity index (χ4v) is 2.18. The number of amides is 2. The molecule has 3 N–H and O–H groups in total. The standard InChI is InChI=1S/C14H14BrN3O3/c1-9-4-5-12(10(15)7-9)21-8-13(19)17-18-14(20)11-3-2-6-16-11/h2-7,16H,8H2,1H3,(H,17,19)(H,18,20). The number of rotatable bonds is 4. The monoisotopic (exact) mass is 351 g/mol. The number of aromatic amines is 1. The van der Waals surface area contributed by atoms with Crippen LogP contribution in [-0.2, 0) is 4.79 Å². The van der Waals surface area contributed by atoms with E-state index in [0.717, 1.165) is 10.0 Å². The predicted molar refractivity (Wildman–Crippen MR) is 80.8 cm³/mol. The molecule has 7 heteroatoms. The van der Waals surface area contributed by atoms with Gasteiger partial charge in [-0.1, -0.05) is 6.07 Å². The van der Waals surface area contributed by atoms with Crippen LogP contribution in [-0.4, -0.2) is 23.4 Å². The molecule has 1 heterocycles. The lowest BCUT2D eigenvalue weighted by atomic mass is 10.2. The molecule has 0 aliphatic rings. The van der Waals surface area contributed by atoms with Crippen LogP contribution < -0.4 is 15.6 Å². The van der Waals surface area contributed by atoms with Crippen molar-refractivity contribution < 1.29 is 14.3 Å². The van der Waals surface area contributed by atoms with Crippen molar-refractivity contribution in [2.24, 2.45) is 0 Å². The van der Waals surface area contributed by atoms with Crippen molar-refractivity contribution in [1.82, 2.24) is 15.8 Å². The van der Waals surface area contributed by atoms with E-state index in [1.54, 1.807) is 24.4 Å². The van der Waals surface area contributed by atoms with Crippen LogP contribution in [0, 0.1) is 6.92 Å². The quantitative estimate of drug-likeness (QED) is 0.736. The van der Waals surface area contributed by atoms with Crippen LogP contribution in [0.5, 0.6) is 5.75 Å². The zero-order chi connectivity index (χ0) is 15.2. The molecule has 0 spiro atoms. The van der Waals surface area contributed by atoms with E-state index < -0.39 is 11.8 Å². The van der Waals surface area contributed by atoms with Gasteiger partial charge in [-0.2, -0.15) is 0 Å². The zero-order valence-corrected chi connectivity index (χ0v) is 12.9. The summed E-state index contributed by atoms with van der Waals surface area (Å²) in [5, 5.41) is 0. The van der Waals surface area contributed by atoms with Crippen LogP contribution in [0.4, 0.5) is 0 Å². The van der Waals surface area contributed by atoms with Crippen molar-refractivity contribution in [2.45, 2.75) is 6.92 Å². The summed E-state index contributed by atoms with van der Waals surface area (Å²) in [4.78, 5) is 25.9. The minimum absolute atomic E-state index is 0.202. The molecule has 0 saturated carbocycles. The van der Waals surface area contributed by atoms with Gasteiger partial charge in [-0.3, -0.25) is 20.4 Å². The van der Waals surface area contributed by atoms with Gasteiger partial charge in [-0.15, -0.1) is 0 Å². The summed E-state index contributed by atoms with van der Waals surface area (Å²) in [5.74, 6) is -0.321. The van der Waals surface area contributed by atoms with Crippen molar-refractivity contribution >= 4 is 27.7 Å². The summed E-state index contributed by atoms with van der Waals surface area (Å²) in [6, 6.07) is 8.83. The second kappa shape index (κ2) is 6.94. The van der Waals surface area contributed by atoms with Crippen molar-refractivity contribution in [1.29, 1.82) is 0 Å². The van der Waals surface area contributed by atoms with Gasteiger partial charge in [-0.25, -0.2) is 0 Å². The summed E-state index contributed by atoms with van der Waals surface area (Å²) in [7, 11) is 0. The smallest absolute Gasteiger partial charge is 0.286 e. The third-order valence-corrected chi connectivity index (χ3v) is 3.22. The molecule has 0 fully saturated rings. The second-order valence-corrected chi connectivity index (χ2v) is 5.16. The highest BCUT2D eigenvalue weighted by molar-refractivity contribution is 9.10. The number of ether oxygens (including phenoxy) is 1. The molecule has 21 heavy (non-hydrogen) atoms. The highest BCUT2D eigenvalue weighted by Crippen LogP contribution is 2.25. The van der Waals surface area contributed by atoms with Gasteiger partial charge in [0.05, 0.1) is 4.47 Å². The van der Waals surface area contributed by atoms with Gasteiger partial charge in [0.25, 0.3) is 11.8 Å². The van der Waals surface area contributed by atoms with Crippen LogP contribution in [0.15, 0.2) is 41.0 Å². The average molecular weight is 352 g/mol. The van der Waals surface area contributed by atoms with Crippen molar-refractivity contribution in [3.63, 3.8) is 0 Å². The summed E-state index contributed by atoms with van der Waals surface area (Å²) >= 11 is 3.36. The molecule has 0 aliphatic heterocycles. The summed E-state index contributed by atoms with van der Waals surface area (Å²) in [6.07, 6.45) is 1.62. The SMILES string of the molecule is Cc1ccc(OCC(=O)NNC(=O)c2ccc[nH]2)c(Br)c1. The minimum atomic E-state index is -0.456. The Morgan fingerprint density at radius 2 is 2.10 bits per heavy atom. The zero-order valence-electron chi connectivity index (χ0n) is 11.3. The molecule has 0 radical (unpaired) electrons. The number of carbonyl (C=O) groups is 2. The molecule has 0 saturated heterocycles. The summed E-state index contributed by atoms with van der Waals surface area (Å²) in [5.41, 5.74) is 6.00. The van der Waals surface area contributed by atoms with Gasteiger partial charge in [0.2, 0.25) is 0 Å². The number of halogens is 1. The lowest BCUT2D eigenvalue weighted by molar-refractivity contribution is -0.123. The van der Waals surface area contributed by atoms with E-state index >= 15 is 0 Å². The normalized spacial score (nSPS) is 10.0. The second-order valence-electron chi connectivity index (χ2n) is 4.31. The van der Waals surface area contributed by atoms with Gasteiger partial charge in [0, 0.05) is 6.20 Å². The molecule has 0 bridgehead atoms. The van der Waals surface area contributed by atoms with Gasteiger partial charge >= 0.3 is 0 Å². The average Bonchev–Trinajstić information content (AvgIpc) is 2.98. The molecule has 2 amide bonds. The van der Waals surface area contributed by atoms with Crippen LogP contribution >= 0.6 is 15.9 Å². The van der Waals surface area contributed by atoms with Gasteiger partial charge in [0.1, 0.15) is 11.4 Å². The minimum Gasteiger partial charge on any atom is -0.483 e. The molecular weight excluding hydrogens is 338 g/mol. The third-order valence-electron chi connectivity index (χ3n) is 2.60. The maximum Gasteiger partial charge on any atom is 0.286 e. The first-order valence-electron chi connectivity index (χ1n) is 6.18. The maximum absolute atomic E-state index is 11.6. The van der Waals surface area contributed by atoms with E-state index in [4.69, 9.17) is 4.74 Å². The Morgan fingerprint density at radius 1 is 1.29 bits per heavy atom. The number of aromatic nitrogens is 1. The largest absolute Gasteiger partial charge is 0.483 e. The number of hydrogen-bond acceptors (Lipinski definition) is 3. The van der Waals surface area contributed by atoms with Crippen LogP contribution in [0.25, 0.3) is 0 Å². The highest BCUT2D eigenvalue weighted by atomic mass is 79.9. The van der Waals surface area contributed by atoms with E-state index in [9.17, 15) is 9.59 Å². The number of hydrazine groups is 1. The molecule has 6 nitrogen and oxygen atoms in total. The first-order valence-corrected chi connectivity index (χ1v) is 6.97. The highest BCUT2D eigenvalue weighted by Gasteiger charge is 2.09. The van der Waals surface area contributed by atoms with E-state index in [0.29, 0.717) is 11.4 Å². The first kappa shape index (κ1) is 15.1. The van der Waals surface area contributed by atoms with Gasteiger partial charge in [0.15, 0.2) is 6.61 Å². The number of aryl methyl sites for hydroxylation is 1. The number of hydrogen-bond donors (Lipinski definition) is 3. The Morgan fingerprint density at radius 3 is 2.76 bits per heavy atom. The number of benzene rings is 1. The van der Waals surface area contributed by atoms with Crippen molar-refractivity contribution in [3.8, 4) is 5.75 Å². The molecule has 1 aromatic heterocycles. The van der Waals surface area contributed by atoms with E-state index in [1.165, 1.54) is 0 Å². The number of nitrogens with one attached hydrogen (secondary N) is 3. The first-order chi connectivity index (χ1) is 10.1. The molecule has 0 atom stereocenters. The predicted octanol–water partition coefficient (Wildman–Crippen LogP) is 1.93. The number of H-pyrrole nitrogens is 1. The Labute approximate surface area is 130 Å². The third kappa shape index (κ3) is 4.35. The lowest BCUT2D eigenvalue weighted by Crippen LogP contribution is -2.43. The van der Waals surface area contributed by atoms with E-state index in [2.05, 4.69) is 31.8 Å². The fraction of sp³-hybridized carbons (Fsp3) is 0.143. The fourth-order valence-electron chi connectivity index (χ4n) is 1.57. The Balaban J connectivity index is 1.78. The maximum atomic E-state index is 11.6. The summed E-state index contributed by atoms with van der Waals surface area (Å²) in [6.45, 7) is 1.75. The summed E-state index contributed by atoms with van der Waals surface area (Å²) < 4.78 is 6.13. The van der Waals surface area contributed by atoms with Crippen molar-refractivity contribution in [3.05, 3.63) is 52.3 Å². The number of carbonyl (C=O) groups excluding carboxylic acids is 2. The molecule has 1 aromatic carbocycles. The van der Waals surface area contributed by atoms with Crippen LogP contribution in [0.1, 0.15) is 16.1 Å². The topological polar surface area (TPSA) is 83.2 Å². The molecule has 2 rings (SSSR count). The van der Waals surface area contributed by atoms with Crippen LogP contribution in [0.3, 0.4) is 0 Å². The Bertz CT molecular complexity index is 641. The van der Waals surface area contributed by atoms with E-state index in [-0.39, 0.29) is 6.61 Å². The molecule has 110 valence electrons. The van der Waals surface area contributed by atoms with Crippen LogP contribution in [0.2, 0.25) is 0 Å². The molecule has 0 aliphatic carbocycles. The molecular formula is C14H14BrN3O3. The molecule has 2 aromatic rings. The van der Waals surface area contributed by atoms with Crippen molar-refractivity contribution in [2.75, 3.05) is 6.61 Å². The van der Waals surface area contributed by atoms with Gasteiger partial charge < -0.3 is 9.72 Å².